The van der Waals surface area contributed by atoms with Gasteiger partial charge in [0.25, 0.3) is 11.5 Å². The Labute approximate surface area is 122 Å². The fraction of sp³-hybridized carbons (Fsp3) is 0.400. The van der Waals surface area contributed by atoms with Crippen molar-refractivity contribution in [1.29, 1.82) is 0 Å². The van der Waals surface area contributed by atoms with Gasteiger partial charge in [-0.1, -0.05) is 0 Å². The maximum atomic E-state index is 12.7. The Balaban J connectivity index is 1.93. The van der Waals surface area contributed by atoms with Crippen LogP contribution >= 0.6 is 0 Å². The molecule has 3 rings (SSSR count). The number of hydrogen-bond donors (Lipinski definition) is 0. The summed E-state index contributed by atoms with van der Waals surface area (Å²) in [6, 6.07) is 3.34. The van der Waals surface area contributed by atoms with Gasteiger partial charge in [0.05, 0.1) is 12.2 Å². The fourth-order valence-corrected chi connectivity index (χ4v) is 2.88. The lowest BCUT2D eigenvalue weighted by molar-refractivity contribution is 0.0733. The van der Waals surface area contributed by atoms with Crippen LogP contribution in [0.1, 0.15) is 34.8 Å². The van der Waals surface area contributed by atoms with E-state index >= 15 is 0 Å². The van der Waals surface area contributed by atoms with Crippen molar-refractivity contribution in [3.63, 3.8) is 0 Å². The van der Waals surface area contributed by atoms with Gasteiger partial charge in [-0.05, 0) is 25.0 Å². The van der Waals surface area contributed by atoms with Gasteiger partial charge in [-0.2, -0.15) is 5.10 Å². The van der Waals surface area contributed by atoms with E-state index in [-0.39, 0.29) is 23.1 Å². The summed E-state index contributed by atoms with van der Waals surface area (Å²) in [6.07, 6.45) is 7.23. The molecule has 2 aromatic rings. The van der Waals surface area contributed by atoms with Crippen molar-refractivity contribution < 1.29 is 4.79 Å². The molecule has 0 unspecified atom stereocenters. The predicted molar refractivity (Wildman–Crippen MR) is 77.9 cm³/mol. The molecule has 6 nitrogen and oxygen atoms in total. The smallest absolute Gasteiger partial charge is 0.263 e. The molecule has 1 aliphatic heterocycles. The molecule has 3 heterocycles. The topological polar surface area (TPSA) is 60.1 Å². The molecule has 0 saturated carbocycles. The lowest BCUT2D eigenvalue weighted by Gasteiger charge is -2.23. The Hall–Kier alpha value is -2.37. The van der Waals surface area contributed by atoms with E-state index in [9.17, 15) is 9.59 Å². The average molecular weight is 286 g/mol. The van der Waals surface area contributed by atoms with Crippen LogP contribution in [0.3, 0.4) is 0 Å². The average Bonchev–Trinajstić information content (AvgIpc) is 3.09. The second-order valence-corrected chi connectivity index (χ2v) is 5.44. The highest BCUT2D eigenvalue weighted by molar-refractivity contribution is 5.94. The highest BCUT2D eigenvalue weighted by Gasteiger charge is 2.32. The predicted octanol–water partition coefficient (Wildman–Crippen LogP) is 1.10. The molecule has 110 valence electrons. The summed E-state index contributed by atoms with van der Waals surface area (Å²) in [6.45, 7) is 0.677. The Morgan fingerprint density at radius 1 is 1.38 bits per heavy atom. The molecule has 2 aromatic heterocycles. The maximum Gasteiger partial charge on any atom is 0.263 e. The number of hydrogen-bond acceptors (Lipinski definition) is 3. The number of carbonyl (C=O) groups is 1. The Kier molecular flexibility index (Phi) is 3.37. The molecule has 0 aromatic carbocycles. The number of rotatable bonds is 2. The van der Waals surface area contributed by atoms with E-state index in [1.165, 1.54) is 4.57 Å². The van der Waals surface area contributed by atoms with E-state index < -0.39 is 0 Å². The summed E-state index contributed by atoms with van der Waals surface area (Å²) >= 11 is 0. The van der Waals surface area contributed by atoms with Crippen LogP contribution in [0.25, 0.3) is 0 Å². The van der Waals surface area contributed by atoms with E-state index in [1.807, 2.05) is 13.2 Å². The Morgan fingerprint density at radius 3 is 2.90 bits per heavy atom. The van der Waals surface area contributed by atoms with E-state index in [0.29, 0.717) is 6.54 Å². The van der Waals surface area contributed by atoms with E-state index in [2.05, 4.69) is 5.10 Å². The van der Waals surface area contributed by atoms with Crippen molar-refractivity contribution in [3.8, 4) is 0 Å². The van der Waals surface area contributed by atoms with Gasteiger partial charge >= 0.3 is 0 Å². The summed E-state index contributed by atoms with van der Waals surface area (Å²) in [5.41, 5.74) is 1.01. The minimum Gasteiger partial charge on any atom is -0.331 e. The number of pyridine rings is 1. The van der Waals surface area contributed by atoms with Crippen molar-refractivity contribution in [2.24, 2.45) is 14.1 Å². The highest BCUT2D eigenvalue weighted by atomic mass is 16.2. The maximum absolute atomic E-state index is 12.7. The summed E-state index contributed by atoms with van der Waals surface area (Å²) < 4.78 is 3.17. The molecule has 1 aliphatic rings. The largest absolute Gasteiger partial charge is 0.331 e. The normalized spacial score (nSPS) is 18.2. The molecule has 6 heteroatoms. The third-order valence-electron chi connectivity index (χ3n) is 3.98. The molecule has 0 aliphatic carbocycles. The molecule has 1 atom stereocenters. The molecule has 0 radical (unpaired) electrons. The third kappa shape index (κ3) is 2.37. The summed E-state index contributed by atoms with van der Waals surface area (Å²) in [4.78, 5) is 26.6. The Morgan fingerprint density at radius 2 is 2.19 bits per heavy atom. The Bertz CT molecular complexity index is 731. The molecule has 1 fully saturated rings. The van der Waals surface area contributed by atoms with Gasteiger partial charge in [0.1, 0.15) is 5.56 Å². The first kappa shape index (κ1) is 13.6. The van der Waals surface area contributed by atoms with Crippen LogP contribution < -0.4 is 5.56 Å². The van der Waals surface area contributed by atoms with Crippen molar-refractivity contribution in [2.75, 3.05) is 6.54 Å². The van der Waals surface area contributed by atoms with Gasteiger partial charge in [0.15, 0.2) is 0 Å². The molecular weight excluding hydrogens is 268 g/mol. The zero-order valence-electron chi connectivity index (χ0n) is 12.2. The van der Waals surface area contributed by atoms with E-state index in [0.717, 1.165) is 18.4 Å². The quantitative estimate of drug-likeness (QED) is 0.830. The van der Waals surface area contributed by atoms with Crippen LogP contribution in [0.4, 0.5) is 0 Å². The van der Waals surface area contributed by atoms with Crippen molar-refractivity contribution >= 4 is 5.91 Å². The number of carbonyl (C=O) groups excluding carboxylic acids is 1. The first-order valence-corrected chi connectivity index (χ1v) is 7.03. The number of amides is 1. The van der Waals surface area contributed by atoms with E-state index in [1.54, 1.807) is 41.2 Å². The second kappa shape index (κ2) is 5.20. The lowest BCUT2D eigenvalue weighted by Crippen LogP contribution is -2.35. The van der Waals surface area contributed by atoms with Crippen LogP contribution in [-0.2, 0) is 14.1 Å². The summed E-state index contributed by atoms with van der Waals surface area (Å²) in [5.74, 6) is -0.192. The van der Waals surface area contributed by atoms with E-state index in [4.69, 9.17) is 0 Å². The molecule has 1 saturated heterocycles. The molecule has 1 amide bonds. The van der Waals surface area contributed by atoms with Gasteiger partial charge in [0.2, 0.25) is 0 Å². The molecular formula is C15H18N4O2. The third-order valence-corrected chi connectivity index (χ3v) is 3.98. The number of aromatic nitrogens is 3. The SMILES string of the molecule is Cn1cc([C@@H]2CCCN2C(=O)c2cccn(C)c2=O)cn1. The fourth-order valence-electron chi connectivity index (χ4n) is 2.88. The number of nitrogens with zero attached hydrogens (tertiary/aromatic N) is 4. The molecule has 0 spiro atoms. The highest BCUT2D eigenvalue weighted by Crippen LogP contribution is 2.32. The monoisotopic (exact) mass is 286 g/mol. The summed E-state index contributed by atoms with van der Waals surface area (Å²) in [5, 5.41) is 4.17. The van der Waals surface area contributed by atoms with Crippen LogP contribution in [0.2, 0.25) is 0 Å². The van der Waals surface area contributed by atoms with Crippen LogP contribution in [0.15, 0.2) is 35.5 Å². The minimum atomic E-state index is -0.251. The molecule has 0 bridgehead atoms. The van der Waals surface area contributed by atoms with Crippen molar-refractivity contribution in [1.82, 2.24) is 19.2 Å². The number of aryl methyl sites for hydroxylation is 2. The van der Waals surface area contributed by atoms with Crippen LogP contribution in [0, 0.1) is 0 Å². The van der Waals surface area contributed by atoms with Gasteiger partial charge in [-0.25, -0.2) is 0 Å². The molecule has 21 heavy (non-hydrogen) atoms. The van der Waals surface area contributed by atoms with Crippen LogP contribution in [0.5, 0.6) is 0 Å². The van der Waals surface area contributed by atoms with Gasteiger partial charge < -0.3 is 9.47 Å². The first-order chi connectivity index (χ1) is 10.1. The first-order valence-electron chi connectivity index (χ1n) is 7.03. The van der Waals surface area contributed by atoms with Gasteiger partial charge in [0, 0.05) is 38.6 Å². The van der Waals surface area contributed by atoms with Gasteiger partial charge in [-0.15, -0.1) is 0 Å². The lowest BCUT2D eigenvalue weighted by atomic mass is 10.1. The van der Waals surface area contributed by atoms with Crippen molar-refractivity contribution in [3.05, 3.63) is 52.2 Å². The standard InChI is InChI=1S/C15H18N4O2/c1-17-7-3-5-12(14(17)20)15(21)19-8-4-6-13(19)11-9-16-18(2)10-11/h3,5,7,9-10,13H,4,6,8H2,1-2H3/t13-/m0/s1. The minimum absolute atomic E-state index is 0.0103. The van der Waals surface area contributed by atoms with Crippen molar-refractivity contribution in [2.45, 2.75) is 18.9 Å². The van der Waals surface area contributed by atoms with Crippen LogP contribution in [-0.4, -0.2) is 31.7 Å². The summed E-state index contributed by atoms with van der Waals surface area (Å²) in [7, 11) is 3.51. The zero-order chi connectivity index (χ0) is 15.0. The van der Waals surface area contributed by atoms with Gasteiger partial charge in [-0.3, -0.25) is 14.3 Å². The molecule has 0 N–H and O–H groups in total. The number of likely N-dealkylation sites (tertiary alicyclic amines) is 1. The zero-order valence-corrected chi connectivity index (χ0v) is 12.2. The second-order valence-electron chi connectivity index (χ2n) is 5.44.